The molecule has 2 heterocycles. The predicted molar refractivity (Wildman–Crippen MR) is 186 cm³/mol. The summed E-state index contributed by atoms with van der Waals surface area (Å²) in [5.74, 6) is 1.35. The van der Waals surface area contributed by atoms with E-state index in [1.165, 1.54) is 11.1 Å². The van der Waals surface area contributed by atoms with Gasteiger partial charge in [0.05, 0.1) is 11.4 Å². The van der Waals surface area contributed by atoms with E-state index in [2.05, 4.69) is 0 Å². The van der Waals surface area contributed by atoms with Crippen LogP contribution < -0.4 is 0 Å². The molecule has 0 unspecified atom stereocenters. The van der Waals surface area contributed by atoms with Crippen LogP contribution in [0.1, 0.15) is 22.3 Å². The molecule has 0 aliphatic rings. The van der Waals surface area contributed by atoms with Crippen molar-refractivity contribution < 1.29 is 0 Å². The van der Waals surface area contributed by atoms with Gasteiger partial charge in [0, 0.05) is 58.1 Å². The van der Waals surface area contributed by atoms with Gasteiger partial charge >= 0.3 is 0 Å². The van der Waals surface area contributed by atoms with Gasteiger partial charge < -0.3 is 9.13 Å². The zero-order chi connectivity index (χ0) is 30.4. The van der Waals surface area contributed by atoms with Gasteiger partial charge in [-0.3, -0.25) is 0 Å². The van der Waals surface area contributed by atoms with Crippen molar-refractivity contribution in [3.63, 3.8) is 0 Å². The van der Waals surface area contributed by atoms with Gasteiger partial charge in [0.15, 0.2) is 0 Å². The molecule has 0 bridgehead atoms. The molecule has 0 spiro atoms. The van der Waals surface area contributed by atoms with Gasteiger partial charge in [-0.15, -0.1) is 0 Å². The van der Waals surface area contributed by atoms with Crippen molar-refractivity contribution in [3.8, 4) is 0 Å². The quantitative estimate of drug-likeness (QED) is 0.153. The first kappa shape index (κ1) is 30.3. The van der Waals surface area contributed by atoms with Gasteiger partial charge in [-0.2, -0.15) is 0 Å². The van der Waals surface area contributed by atoms with Gasteiger partial charge in [-0.25, -0.2) is 9.98 Å². The number of hydrogen-bond donors (Lipinski definition) is 0. The van der Waals surface area contributed by atoms with Crippen LogP contribution in [0.3, 0.4) is 0 Å². The molecule has 216 valence electrons. The molecule has 4 aromatic carbocycles. The Hall–Kier alpha value is -5.16. The molecule has 6 heteroatoms. The third kappa shape index (κ3) is 8.01. The molecule has 6 aromatic rings. The topological polar surface area (TPSA) is 34.6 Å². The van der Waals surface area contributed by atoms with E-state index >= 15 is 0 Å². The molecule has 0 saturated carbocycles. The molecule has 4 nitrogen and oxygen atoms in total. The molecule has 0 radical (unpaired) electrons. The largest absolute Gasteiger partial charge is 0.308 e. The summed E-state index contributed by atoms with van der Waals surface area (Å²) in [6, 6.07) is 48.2. The van der Waals surface area contributed by atoms with Gasteiger partial charge in [-0.05, 0) is 24.3 Å². The molecule has 0 aliphatic carbocycles. The minimum atomic E-state index is 0.675. The first-order chi connectivity index (χ1) is 21.8. The second kappa shape index (κ2) is 15.9. The van der Waals surface area contributed by atoms with E-state index in [9.17, 15) is 0 Å². The van der Waals surface area contributed by atoms with Crippen molar-refractivity contribution in [2.75, 3.05) is 0 Å². The van der Waals surface area contributed by atoms with Crippen LogP contribution in [-0.2, 0) is 0 Å². The van der Waals surface area contributed by atoms with Gasteiger partial charge in [0.25, 0.3) is 0 Å². The Balaban J connectivity index is 0.000000175. The number of rotatable bonds is 8. The van der Waals surface area contributed by atoms with Crippen LogP contribution in [0.5, 0.6) is 0 Å². The number of hydrogen-bond acceptors (Lipinski definition) is 2. The Labute approximate surface area is 268 Å². The van der Waals surface area contributed by atoms with Crippen LogP contribution in [-0.4, -0.2) is 20.6 Å². The van der Waals surface area contributed by atoms with Crippen molar-refractivity contribution in [2.45, 2.75) is 0 Å². The molecule has 0 N–H and O–H groups in total. The number of aliphatic imine (C=N–C) groups is 2. The Kier molecular flexibility index (Phi) is 10.9. The highest BCUT2D eigenvalue weighted by Gasteiger charge is 2.09. The zero-order valence-electron chi connectivity index (χ0n) is 23.9. The maximum atomic E-state index is 5.99. The minimum absolute atomic E-state index is 0.675. The molecule has 0 aliphatic heterocycles. The fourth-order valence-corrected chi connectivity index (χ4v) is 4.78. The van der Waals surface area contributed by atoms with Crippen molar-refractivity contribution in [1.82, 2.24) is 9.13 Å². The third-order valence-electron chi connectivity index (χ3n) is 6.57. The summed E-state index contributed by atoms with van der Waals surface area (Å²) in [5.41, 5.74) is 8.98. The Morgan fingerprint density at radius 2 is 0.636 bits per heavy atom. The van der Waals surface area contributed by atoms with Crippen LogP contribution in [0.15, 0.2) is 191 Å². The van der Waals surface area contributed by atoms with Crippen LogP contribution in [0.4, 0.5) is 0 Å². The molecular formula is C38H30Cl2N4. The second-order valence-electron chi connectivity index (χ2n) is 9.50. The molecule has 0 atom stereocenters. The van der Waals surface area contributed by atoms with E-state index in [4.69, 9.17) is 33.2 Å². The molecule has 2 aromatic heterocycles. The standard InChI is InChI=1S/2C19H15ClN2/c2*20-15-18(22-13-7-8-14-22)21-19(16-9-3-1-4-10-16)17-11-5-2-6-12-17/h2*1-15H/b2*18-15+. The lowest BCUT2D eigenvalue weighted by Gasteiger charge is -2.10. The smallest absolute Gasteiger partial charge is 0.148 e. The molecule has 0 amide bonds. The van der Waals surface area contributed by atoms with Gasteiger partial charge in [0.1, 0.15) is 11.6 Å². The molecule has 0 fully saturated rings. The lowest BCUT2D eigenvalue weighted by atomic mass is 10.0. The van der Waals surface area contributed by atoms with Crippen LogP contribution >= 0.6 is 23.2 Å². The lowest BCUT2D eigenvalue weighted by molar-refractivity contribution is 1.08. The highest BCUT2D eigenvalue weighted by atomic mass is 35.5. The maximum absolute atomic E-state index is 5.99. The maximum Gasteiger partial charge on any atom is 0.148 e. The Morgan fingerprint density at radius 3 is 0.864 bits per heavy atom. The number of benzene rings is 4. The molecular weight excluding hydrogens is 583 g/mol. The van der Waals surface area contributed by atoms with Crippen molar-refractivity contribution >= 4 is 46.3 Å². The second-order valence-corrected chi connectivity index (χ2v) is 9.94. The van der Waals surface area contributed by atoms with Crippen LogP contribution in [0.25, 0.3) is 11.6 Å². The summed E-state index contributed by atoms with van der Waals surface area (Å²) in [4.78, 5) is 9.57. The third-order valence-corrected chi connectivity index (χ3v) is 6.97. The van der Waals surface area contributed by atoms with Gasteiger partial charge in [0.2, 0.25) is 0 Å². The summed E-state index contributed by atoms with van der Waals surface area (Å²) >= 11 is 12.0. The SMILES string of the molecule is Cl/C=C(\N=C(c1ccccc1)c1ccccc1)n1cccc1.Cl/C=C(\N=C(c1ccccc1)c1ccccc1)n1cccc1. The highest BCUT2D eigenvalue weighted by Crippen LogP contribution is 2.18. The minimum Gasteiger partial charge on any atom is -0.308 e. The van der Waals surface area contributed by atoms with Gasteiger partial charge in [-0.1, -0.05) is 145 Å². The van der Waals surface area contributed by atoms with Crippen molar-refractivity contribution in [2.24, 2.45) is 9.98 Å². The van der Waals surface area contributed by atoms with E-state index in [0.29, 0.717) is 11.6 Å². The summed E-state index contributed by atoms with van der Waals surface area (Å²) in [6.07, 6.45) is 7.69. The summed E-state index contributed by atoms with van der Waals surface area (Å²) < 4.78 is 3.78. The normalized spacial score (nSPS) is 11.2. The summed E-state index contributed by atoms with van der Waals surface area (Å²) in [7, 11) is 0. The summed E-state index contributed by atoms with van der Waals surface area (Å²) in [6.45, 7) is 0. The van der Waals surface area contributed by atoms with Crippen LogP contribution in [0, 0.1) is 0 Å². The lowest BCUT2D eigenvalue weighted by Crippen LogP contribution is -2.05. The molecule has 6 rings (SSSR count). The average molecular weight is 614 g/mol. The fraction of sp³-hybridized carbons (Fsp3) is 0. The Morgan fingerprint density at radius 1 is 0.386 bits per heavy atom. The number of aromatic nitrogens is 2. The Bertz CT molecular complexity index is 1600. The first-order valence-electron chi connectivity index (χ1n) is 14.0. The molecule has 44 heavy (non-hydrogen) atoms. The van der Waals surface area contributed by atoms with Crippen LogP contribution in [0.2, 0.25) is 0 Å². The monoisotopic (exact) mass is 612 g/mol. The van der Waals surface area contributed by atoms with E-state index in [0.717, 1.165) is 33.7 Å². The fourth-order valence-electron chi connectivity index (χ4n) is 4.46. The molecule has 0 saturated heterocycles. The van der Waals surface area contributed by atoms with Crippen molar-refractivity contribution in [1.29, 1.82) is 0 Å². The highest BCUT2D eigenvalue weighted by molar-refractivity contribution is 6.28. The first-order valence-corrected chi connectivity index (χ1v) is 14.9. The van der Waals surface area contributed by atoms with Crippen molar-refractivity contribution in [3.05, 3.63) is 204 Å². The van der Waals surface area contributed by atoms with E-state index in [1.807, 2.05) is 180 Å². The predicted octanol–water partition coefficient (Wildman–Crippen LogP) is 10.0. The zero-order valence-corrected chi connectivity index (χ0v) is 25.4. The number of halogens is 2. The average Bonchev–Trinajstić information content (AvgIpc) is 3.84. The summed E-state index contributed by atoms with van der Waals surface area (Å²) in [5, 5.41) is 0. The number of nitrogens with zero attached hydrogens (tertiary/aromatic N) is 4. The van der Waals surface area contributed by atoms with E-state index in [1.54, 1.807) is 0 Å². The van der Waals surface area contributed by atoms with E-state index in [-0.39, 0.29) is 0 Å². The van der Waals surface area contributed by atoms with E-state index < -0.39 is 0 Å².